The lowest BCUT2D eigenvalue weighted by Crippen LogP contribution is -2.13. The van der Waals surface area contributed by atoms with Gasteiger partial charge in [-0.1, -0.05) is 18.2 Å². The van der Waals surface area contributed by atoms with Gasteiger partial charge in [0.15, 0.2) is 5.82 Å². The van der Waals surface area contributed by atoms with Crippen LogP contribution in [0.1, 0.15) is 5.76 Å². The van der Waals surface area contributed by atoms with Crippen molar-refractivity contribution < 1.29 is 4.42 Å². The summed E-state index contributed by atoms with van der Waals surface area (Å²) in [6.45, 7) is 0.640. The Morgan fingerprint density at radius 2 is 2.00 bits per heavy atom. The quantitative estimate of drug-likeness (QED) is 0.785. The number of rotatable bonds is 4. The lowest BCUT2D eigenvalue weighted by atomic mass is 10.2. The summed E-state index contributed by atoms with van der Waals surface area (Å²) in [6, 6.07) is 14.0. The fraction of sp³-hybridized carbons (Fsp3) is 0.188. The van der Waals surface area contributed by atoms with E-state index in [0.717, 1.165) is 28.2 Å². The lowest BCUT2D eigenvalue weighted by molar-refractivity contribution is 0.559. The Bertz CT molecular complexity index is 685. The summed E-state index contributed by atoms with van der Waals surface area (Å²) in [5.41, 5.74) is 1.92. The average Bonchev–Trinajstić information content (AvgIpc) is 2.88. The van der Waals surface area contributed by atoms with Gasteiger partial charge < -0.3 is 14.6 Å². The van der Waals surface area contributed by atoms with Gasteiger partial charge in [0.1, 0.15) is 11.3 Å². The van der Waals surface area contributed by atoms with E-state index in [1.165, 1.54) is 0 Å². The van der Waals surface area contributed by atoms with Crippen molar-refractivity contribution in [2.24, 2.45) is 0 Å². The van der Waals surface area contributed by atoms with Crippen LogP contribution in [0.15, 0.2) is 53.1 Å². The summed E-state index contributed by atoms with van der Waals surface area (Å²) in [7, 11) is 3.96. The smallest absolute Gasteiger partial charge is 0.151 e. The van der Waals surface area contributed by atoms with Crippen LogP contribution >= 0.6 is 0 Å². The van der Waals surface area contributed by atoms with Crippen molar-refractivity contribution in [3.8, 4) is 0 Å². The molecule has 3 rings (SSSR count). The Morgan fingerprint density at radius 3 is 2.80 bits per heavy atom. The highest BCUT2D eigenvalue weighted by atomic mass is 16.3. The van der Waals surface area contributed by atoms with Gasteiger partial charge >= 0.3 is 0 Å². The van der Waals surface area contributed by atoms with Crippen LogP contribution in [-0.4, -0.2) is 19.1 Å². The summed E-state index contributed by atoms with van der Waals surface area (Å²) in [4.78, 5) is 6.35. The molecule has 4 heteroatoms. The van der Waals surface area contributed by atoms with Gasteiger partial charge in [-0.15, -0.1) is 0 Å². The van der Waals surface area contributed by atoms with E-state index in [1.807, 2.05) is 49.3 Å². The number of anilines is 2. The second-order valence-corrected chi connectivity index (χ2v) is 4.87. The van der Waals surface area contributed by atoms with Crippen molar-refractivity contribution in [1.82, 2.24) is 4.98 Å². The second kappa shape index (κ2) is 5.25. The molecule has 0 aliphatic carbocycles. The molecule has 0 amide bonds. The van der Waals surface area contributed by atoms with Crippen molar-refractivity contribution in [1.29, 1.82) is 0 Å². The molecule has 0 aliphatic heterocycles. The number of furan rings is 1. The fourth-order valence-electron chi connectivity index (χ4n) is 2.20. The van der Waals surface area contributed by atoms with Gasteiger partial charge in [0, 0.05) is 25.7 Å². The fourth-order valence-corrected chi connectivity index (χ4v) is 2.20. The van der Waals surface area contributed by atoms with Crippen molar-refractivity contribution >= 4 is 22.5 Å². The number of hydrogen-bond acceptors (Lipinski definition) is 4. The Morgan fingerprint density at radius 1 is 1.15 bits per heavy atom. The van der Waals surface area contributed by atoms with Gasteiger partial charge in [-0.05, 0) is 24.3 Å². The first-order valence-corrected chi connectivity index (χ1v) is 6.58. The molecule has 0 aliphatic rings. The minimum Gasteiger partial charge on any atom is -0.459 e. The van der Waals surface area contributed by atoms with Crippen molar-refractivity contribution in [2.45, 2.75) is 6.54 Å². The first kappa shape index (κ1) is 12.5. The molecule has 0 bridgehead atoms. The highest BCUT2D eigenvalue weighted by Crippen LogP contribution is 2.23. The Labute approximate surface area is 118 Å². The molecule has 3 aromatic rings. The molecule has 1 N–H and O–H groups in total. The van der Waals surface area contributed by atoms with Gasteiger partial charge in [0.25, 0.3) is 0 Å². The third-order valence-electron chi connectivity index (χ3n) is 3.14. The Balaban J connectivity index is 1.79. The monoisotopic (exact) mass is 267 g/mol. The van der Waals surface area contributed by atoms with Gasteiger partial charge in [-0.25, -0.2) is 4.98 Å². The van der Waals surface area contributed by atoms with E-state index in [1.54, 1.807) is 6.20 Å². The van der Waals surface area contributed by atoms with Crippen LogP contribution in [0.5, 0.6) is 0 Å². The van der Waals surface area contributed by atoms with E-state index < -0.39 is 0 Å². The van der Waals surface area contributed by atoms with Gasteiger partial charge in [0.05, 0.1) is 12.2 Å². The molecule has 0 fully saturated rings. The molecule has 4 nitrogen and oxygen atoms in total. The molecule has 1 aromatic carbocycles. The van der Waals surface area contributed by atoms with E-state index in [2.05, 4.69) is 22.4 Å². The Hall–Kier alpha value is -2.49. The maximum absolute atomic E-state index is 5.79. The molecular formula is C16H17N3O. The van der Waals surface area contributed by atoms with E-state index in [9.17, 15) is 0 Å². The van der Waals surface area contributed by atoms with Crippen molar-refractivity contribution in [2.75, 3.05) is 24.3 Å². The molecule has 2 aromatic heterocycles. The number of pyridine rings is 1. The van der Waals surface area contributed by atoms with Crippen LogP contribution in [-0.2, 0) is 6.54 Å². The highest BCUT2D eigenvalue weighted by molar-refractivity contribution is 5.77. The van der Waals surface area contributed by atoms with E-state index in [0.29, 0.717) is 6.54 Å². The largest absolute Gasteiger partial charge is 0.459 e. The first-order valence-electron chi connectivity index (χ1n) is 6.58. The molecular weight excluding hydrogens is 250 g/mol. The summed E-state index contributed by atoms with van der Waals surface area (Å²) in [5.74, 6) is 1.84. The standard InChI is InChI=1S/C16H17N3O/c1-19(2)16-14(7-5-9-17-16)18-11-13-10-12-6-3-4-8-15(12)20-13/h3-10,18H,11H2,1-2H3. The van der Waals surface area contributed by atoms with Crippen LogP contribution in [0.4, 0.5) is 11.5 Å². The number of nitrogens with one attached hydrogen (secondary N) is 1. The summed E-state index contributed by atoms with van der Waals surface area (Å²) < 4.78 is 5.79. The van der Waals surface area contributed by atoms with E-state index in [4.69, 9.17) is 4.42 Å². The molecule has 0 atom stereocenters. The molecule has 102 valence electrons. The minimum atomic E-state index is 0.640. The second-order valence-electron chi connectivity index (χ2n) is 4.87. The number of hydrogen-bond donors (Lipinski definition) is 1. The lowest BCUT2D eigenvalue weighted by Gasteiger charge is -2.16. The maximum Gasteiger partial charge on any atom is 0.151 e. The van der Waals surface area contributed by atoms with E-state index >= 15 is 0 Å². The number of aromatic nitrogens is 1. The van der Waals surface area contributed by atoms with Crippen LogP contribution in [0, 0.1) is 0 Å². The van der Waals surface area contributed by atoms with Crippen LogP contribution in [0.25, 0.3) is 11.0 Å². The summed E-state index contributed by atoms with van der Waals surface area (Å²) in [6.07, 6.45) is 1.79. The zero-order valence-electron chi connectivity index (χ0n) is 11.6. The van der Waals surface area contributed by atoms with Gasteiger partial charge in [0.2, 0.25) is 0 Å². The van der Waals surface area contributed by atoms with Crippen LogP contribution in [0.2, 0.25) is 0 Å². The molecule has 2 heterocycles. The van der Waals surface area contributed by atoms with Gasteiger partial charge in [-0.2, -0.15) is 0 Å². The third kappa shape index (κ3) is 2.45. The average molecular weight is 267 g/mol. The maximum atomic E-state index is 5.79. The van der Waals surface area contributed by atoms with Crippen molar-refractivity contribution in [3.05, 3.63) is 54.4 Å². The molecule has 0 radical (unpaired) electrons. The molecule has 0 spiro atoms. The number of fused-ring (bicyclic) bond motifs is 1. The highest BCUT2D eigenvalue weighted by Gasteiger charge is 2.07. The van der Waals surface area contributed by atoms with E-state index in [-0.39, 0.29) is 0 Å². The molecule has 0 saturated heterocycles. The molecule has 20 heavy (non-hydrogen) atoms. The predicted molar refractivity (Wildman–Crippen MR) is 82.1 cm³/mol. The van der Waals surface area contributed by atoms with Crippen molar-refractivity contribution in [3.63, 3.8) is 0 Å². The topological polar surface area (TPSA) is 41.3 Å². The minimum absolute atomic E-state index is 0.640. The number of para-hydroxylation sites is 1. The predicted octanol–water partition coefficient (Wildman–Crippen LogP) is 3.51. The number of benzene rings is 1. The Kier molecular flexibility index (Phi) is 3.29. The zero-order chi connectivity index (χ0) is 13.9. The van der Waals surface area contributed by atoms with Crippen LogP contribution < -0.4 is 10.2 Å². The zero-order valence-corrected chi connectivity index (χ0v) is 11.6. The SMILES string of the molecule is CN(C)c1ncccc1NCc1cc2ccccc2o1. The summed E-state index contributed by atoms with van der Waals surface area (Å²) in [5, 5.41) is 4.50. The normalized spacial score (nSPS) is 10.7. The first-order chi connectivity index (χ1) is 9.74. The third-order valence-corrected chi connectivity index (χ3v) is 3.14. The van der Waals surface area contributed by atoms with Gasteiger partial charge in [-0.3, -0.25) is 0 Å². The molecule has 0 saturated carbocycles. The van der Waals surface area contributed by atoms with Crippen LogP contribution in [0.3, 0.4) is 0 Å². The number of nitrogens with zero attached hydrogens (tertiary/aromatic N) is 2. The summed E-state index contributed by atoms with van der Waals surface area (Å²) >= 11 is 0. The molecule has 0 unspecified atom stereocenters.